The Labute approximate surface area is 71.4 Å². The van der Waals surface area contributed by atoms with E-state index in [0.29, 0.717) is 0 Å². The second-order valence-corrected chi connectivity index (χ2v) is 4.62. The van der Waals surface area contributed by atoms with E-state index in [1.807, 2.05) is 0 Å². The molecule has 12 heavy (non-hydrogen) atoms. The van der Waals surface area contributed by atoms with Crippen LogP contribution in [0.2, 0.25) is 0 Å². The fourth-order valence-electron chi connectivity index (χ4n) is 1.53. The first-order valence-corrected chi connectivity index (χ1v) is 5.06. The van der Waals surface area contributed by atoms with Crippen molar-refractivity contribution >= 4 is 10.8 Å². The Balaban J connectivity index is 2.25. The Hall–Kier alpha value is -0.0100. The number of rotatable bonds is 0. The number of hydrogen-bond acceptors (Lipinski definition) is 5. The van der Waals surface area contributed by atoms with Crippen molar-refractivity contribution in [1.29, 1.82) is 0 Å². The summed E-state index contributed by atoms with van der Waals surface area (Å²) in [5.41, 5.74) is -0.826. The number of aliphatic hydroxyl groups excluding tert-OH is 3. The van der Waals surface area contributed by atoms with Crippen molar-refractivity contribution in [3.8, 4) is 0 Å². The minimum absolute atomic E-state index is 0.194. The monoisotopic (exact) mass is 194 g/mol. The molecule has 0 amide bonds. The van der Waals surface area contributed by atoms with E-state index < -0.39 is 40.7 Å². The highest BCUT2D eigenvalue weighted by Crippen LogP contribution is 2.30. The van der Waals surface area contributed by atoms with Crippen LogP contribution in [0, 0.1) is 0 Å². The van der Waals surface area contributed by atoms with E-state index in [-0.39, 0.29) is 5.75 Å². The lowest BCUT2D eigenvalue weighted by molar-refractivity contribution is -0.183. The molecule has 70 valence electrons. The van der Waals surface area contributed by atoms with Gasteiger partial charge in [-0.3, -0.25) is 4.21 Å². The van der Waals surface area contributed by atoms with Crippen LogP contribution in [0.3, 0.4) is 0 Å². The maximum Gasteiger partial charge on any atom is 0.161 e. The summed E-state index contributed by atoms with van der Waals surface area (Å²) in [4.78, 5) is 0. The summed E-state index contributed by atoms with van der Waals surface area (Å²) in [5, 5.41) is 27.8. The predicted molar refractivity (Wildman–Crippen MR) is 39.7 cm³/mol. The smallest absolute Gasteiger partial charge is 0.161 e. The van der Waals surface area contributed by atoms with E-state index in [1.165, 1.54) is 0 Å². The van der Waals surface area contributed by atoms with Crippen LogP contribution in [0.1, 0.15) is 0 Å². The topological polar surface area (TPSA) is 87.0 Å². The fraction of sp³-hybridized carbons (Fsp3) is 1.00. The summed E-state index contributed by atoms with van der Waals surface area (Å²) in [5.74, 6) is 0.194. The number of fused-ring (bicyclic) bond motifs is 2. The van der Waals surface area contributed by atoms with E-state index in [2.05, 4.69) is 0 Å². The third-order valence-electron chi connectivity index (χ3n) is 2.26. The molecule has 0 spiro atoms. The largest absolute Gasteiger partial charge is 0.388 e. The normalized spacial score (nSPS) is 58.9. The highest BCUT2D eigenvalue weighted by Gasteiger charge is 2.51. The first kappa shape index (κ1) is 8.58. The van der Waals surface area contributed by atoms with Gasteiger partial charge in [0.05, 0.1) is 22.7 Å². The van der Waals surface area contributed by atoms with Crippen molar-refractivity contribution in [2.24, 2.45) is 0 Å². The van der Waals surface area contributed by atoms with E-state index in [4.69, 9.17) is 4.74 Å². The molecule has 0 radical (unpaired) electrons. The fourth-order valence-corrected chi connectivity index (χ4v) is 3.06. The molecule has 0 aliphatic carbocycles. The molecule has 6 heteroatoms. The summed E-state index contributed by atoms with van der Waals surface area (Å²) in [6, 6.07) is 0. The first-order chi connectivity index (χ1) is 5.61. The number of ether oxygens (including phenoxy) is 1. The van der Waals surface area contributed by atoms with Crippen molar-refractivity contribution in [1.82, 2.24) is 0 Å². The highest BCUT2D eigenvalue weighted by molar-refractivity contribution is 7.85. The molecule has 2 aliphatic heterocycles. The maximum atomic E-state index is 11.2. The van der Waals surface area contributed by atoms with Crippen LogP contribution in [-0.4, -0.2) is 55.1 Å². The molecule has 6 atom stereocenters. The maximum absolute atomic E-state index is 11.2. The van der Waals surface area contributed by atoms with Gasteiger partial charge in [0.2, 0.25) is 0 Å². The van der Waals surface area contributed by atoms with Gasteiger partial charge < -0.3 is 20.1 Å². The number of aliphatic hydroxyl groups is 3. The van der Waals surface area contributed by atoms with Gasteiger partial charge in [-0.15, -0.1) is 0 Å². The molecular formula is C6H10O5S. The lowest BCUT2D eigenvalue weighted by Gasteiger charge is -2.32. The molecule has 0 aromatic rings. The Morgan fingerprint density at radius 2 is 1.83 bits per heavy atom. The van der Waals surface area contributed by atoms with Crippen LogP contribution in [0.4, 0.5) is 0 Å². The molecule has 3 N–H and O–H groups in total. The van der Waals surface area contributed by atoms with Gasteiger partial charge in [0.25, 0.3) is 0 Å². The second-order valence-electron chi connectivity index (χ2n) is 3.06. The van der Waals surface area contributed by atoms with E-state index >= 15 is 0 Å². The summed E-state index contributed by atoms with van der Waals surface area (Å²) in [6.07, 6.45) is -4.18. The van der Waals surface area contributed by atoms with Gasteiger partial charge in [-0.2, -0.15) is 0 Å². The average Bonchev–Trinajstić information content (AvgIpc) is 2.39. The van der Waals surface area contributed by atoms with Crippen LogP contribution >= 0.6 is 0 Å². The zero-order valence-electron chi connectivity index (χ0n) is 6.16. The van der Waals surface area contributed by atoms with Crippen molar-refractivity contribution in [2.75, 3.05) is 5.75 Å². The molecule has 2 bridgehead atoms. The van der Waals surface area contributed by atoms with Crippen LogP contribution < -0.4 is 0 Å². The summed E-state index contributed by atoms with van der Waals surface area (Å²) < 4.78 is 16.2. The van der Waals surface area contributed by atoms with Gasteiger partial charge in [-0.25, -0.2) is 0 Å². The van der Waals surface area contributed by atoms with Crippen LogP contribution in [0.15, 0.2) is 0 Å². The van der Waals surface area contributed by atoms with Crippen molar-refractivity contribution in [3.05, 3.63) is 0 Å². The molecule has 2 fully saturated rings. The molecular weight excluding hydrogens is 184 g/mol. The van der Waals surface area contributed by atoms with Gasteiger partial charge in [-0.1, -0.05) is 0 Å². The summed E-state index contributed by atoms with van der Waals surface area (Å²) in [7, 11) is -1.29. The molecule has 2 saturated heterocycles. The standard InChI is InChI=1S/C6H10O5S/c7-3-2-1-12(10)6(11-2)5(9)4(3)8/h2-9H,1H2/t2-,3+,4+,5-,6+,12?/m0/s1. The van der Waals surface area contributed by atoms with Gasteiger partial charge >= 0.3 is 0 Å². The predicted octanol–water partition coefficient (Wildman–Crippen LogP) is -2.44. The Bertz CT molecular complexity index is 218. The van der Waals surface area contributed by atoms with Crippen molar-refractivity contribution in [3.63, 3.8) is 0 Å². The zero-order chi connectivity index (χ0) is 8.88. The molecule has 0 aromatic carbocycles. The van der Waals surface area contributed by atoms with Gasteiger partial charge in [0.1, 0.15) is 18.3 Å². The SMILES string of the molecule is O=S1C[C@@H]2O[C@H]1[C@@H](O)[C@H](O)[C@@H]2O. The lowest BCUT2D eigenvalue weighted by atomic mass is 10.0. The minimum Gasteiger partial charge on any atom is -0.388 e. The Morgan fingerprint density at radius 1 is 1.17 bits per heavy atom. The van der Waals surface area contributed by atoms with Crippen LogP contribution in [-0.2, 0) is 15.5 Å². The molecule has 5 nitrogen and oxygen atoms in total. The zero-order valence-corrected chi connectivity index (χ0v) is 6.98. The lowest BCUT2D eigenvalue weighted by Crippen LogP contribution is -2.53. The van der Waals surface area contributed by atoms with E-state index in [9.17, 15) is 19.5 Å². The molecule has 2 rings (SSSR count). The Kier molecular flexibility index (Phi) is 1.96. The molecule has 0 saturated carbocycles. The second kappa shape index (κ2) is 2.74. The minimum atomic E-state index is -1.29. The summed E-state index contributed by atoms with van der Waals surface area (Å²) in [6.45, 7) is 0. The van der Waals surface area contributed by atoms with E-state index in [0.717, 1.165) is 0 Å². The molecule has 2 aliphatic rings. The van der Waals surface area contributed by atoms with Gasteiger partial charge in [-0.05, 0) is 0 Å². The van der Waals surface area contributed by atoms with Crippen LogP contribution in [0.25, 0.3) is 0 Å². The number of hydrogen-bond donors (Lipinski definition) is 3. The summed E-state index contributed by atoms with van der Waals surface area (Å²) >= 11 is 0. The highest BCUT2D eigenvalue weighted by atomic mass is 32.2. The average molecular weight is 194 g/mol. The van der Waals surface area contributed by atoms with Crippen molar-refractivity contribution in [2.45, 2.75) is 29.9 Å². The van der Waals surface area contributed by atoms with E-state index in [1.54, 1.807) is 0 Å². The van der Waals surface area contributed by atoms with Crippen LogP contribution in [0.5, 0.6) is 0 Å². The van der Waals surface area contributed by atoms with Gasteiger partial charge in [0.15, 0.2) is 5.44 Å². The third kappa shape index (κ3) is 1.03. The Morgan fingerprint density at radius 3 is 2.50 bits per heavy atom. The molecule has 0 aromatic heterocycles. The first-order valence-electron chi connectivity index (χ1n) is 3.68. The third-order valence-corrected chi connectivity index (χ3v) is 3.82. The quantitative estimate of drug-likeness (QED) is 0.398. The molecule has 2 heterocycles. The molecule has 1 unspecified atom stereocenters. The van der Waals surface area contributed by atoms with Crippen molar-refractivity contribution < 1.29 is 24.3 Å². The van der Waals surface area contributed by atoms with Gasteiger partial charge in [0, 0.05) is 0 Å².